The molecule has 0 amide bonds. The van der Waals surface area contributed by atoms with Crippen molar-refractivity contribution in [1.29, 1.82) is 0 Å². The lowest BCUT2D eigenvalue weighted by atomic mass is 10.1. The minimum Gasteiger partial charge on any atom is -0.473 e. The molecule has 28 heavy (non-hydrogen) atoms. The maximum Gasteiger partial charge on any atom is 0.414 e. The summed E-state index contributed by atoms with van der Waals surface area (Å²) in [6, 6.07) is 5.91. The van der Waals surface area contributed by atoms with E-state index in [1.54, 1.807) is 4.31 Å². The second-order valence-corrected chi connectivity index (χ2v) is 8.49. The highest BCUT2D eigenvalue weighted by atomic mass is 32.2. The number of carboxylic acid groups (broad SMARTS) is 2. The van der Waals surface area contributed by atoms with Crippen molar-refractivity contribution in [3.8, 4) is 0 Å². The van der Waals surface area contributed by atoms with Gasteiger partial charge >= 0.3 is 11.9 Å². The number of H-pyrrole nitrogens is 1. The third-order valence-corrected chi connectivity index (χ3v) is 6.32. The Balaban J connectivity index is 0.000000409. The van der Waals surface area contributed by atoms with E-state index in [9.17, 15) is 8.42 Å². The zero-order valence-corrected chi connectivity index (χ0v) is 16.5. The summed E-state index contributed by atoms with van der Waals surface area (Å²) in [6.07, 6.45) is 4.90. The Morgan fingerprint density at radius 3 is 2.39 bits per heavy atom. The summed E-state index contributed by atoms with van der Waals surface area (Å²) >= 11 is 0. The van der Waals surface area contributed by atoms with Crippen LogP contribution in [0.25, 0.3) is 10.9 Å². The molecular formula is C18H25N3O6S. The van der Waals surface area contributed by atoms with Gasteiger partial charge in [-0.3, -0.25) is 0 Å². The average molecular weight is 411 g/mol. The number of sulfonamides is 1. The molecule has 1 fully saturated rings. The quantitative estimate of drug-likeness (QED) is 0.520. The number of carbonyl (C=O) groups is 2. The van der Waals surface area contributed by atoms with Crippen molar-refractivity contribution in [3.63, 3.8) is 0 Å². The van der Waals surface area contributed by atoms with Crippen molar-refractivity contribution in [2.75, 3.05) is 26.7 Å². The van der Waals surface area contributed by atoms with Crippen molar-refractivity contribution in [1.82, 2.24) is 14.6 Å². The Hall–Kier alpha value is -2.43. The molecule has 2 aromatic rings. The lowest BCUT2D eigenvalue weighted by Crippen LogP contribution is -2.29. The number of rotatable bonds is 6. The Morgan fingerprint density at radius 2 is 1.82 bits per heavy atom. The molecule has 1 aromatic heterocycles. The topological polar surface area (TPSA) is 140 Å². The number of benzene rings is 1. The fourth-order valence-corrected chi connectivity index (χ4v) is 4.65. The van der Waals surface area contributed by atoms with Gasteiger partial charge in [0.2, 0.25) is 10.0 Å². The number of nitrogens with zero attached hydrogens (tertiary/aromatic N) is 1. The van der Waals surface area contributed by atoms with Gasteiger partial charge in [0.05, 0.1) is 5.75 Å². The molecule has 0 spiro atoms. The fraction of sp³-hybridized carbons (Fsp3) is 0.444. The number of aliphatic carboxylic acids is 2. The first-order valence-corrected chi connectivity index (χ1v) is 10.5. The second kappa shape index (κ2) is 9.67. The molecule has 10 heteroatoms. The van der Waals surface area contributed by atoms with E-state index in [2.05, 4.69) is 10.3 Å². The highest BCUT2D eigenvalue weighted by Crippen LogP contribution is 2.23. The molecule has 0 bridgehead atoms. The Labute approximate surface area is 163 Å². The zero-order chi connectivity index (χ0) is 20.7. The molecule has 4 N–H and O–H groups in total. The number of likely N-dealkylation sites (N-methyl/N-ethyl adjacent to an activating group) is 1. The molecule has 0 aliphatic carbocycles. The molecule has 0 atom stereocenters. The molecule has 0 radical (unpaired) electrons. The van der Waals surface area contributed by atoms with Crippen LogP contribution >= 0.6 is 0 Å². The van der Waals surface area contributed by atoms with Crippen LogP contribution < -0.4 is 5.32 Å². The first-order chi connectivity index (χ1) is 13.2. The van der Waals surface area contributed by atoms with Crippen LogP contribution in [-0.2, 0) is 31.8 Å². The number of aromatic amines is 1. The van der Waals surface area contributed by atoms with Crippen LogP contribution in [0.1, 0.15) is 24.0 Å². The van der Waals surface area contributed by atoms with Gasteiger partial charge in [-0.25, -0.2) is 22.3 Å². The van der Waals surface area contributed by atoms with Gasteiger partial charge in [-0.2, -0.15) is 0 Å². The molecule has 3 rings (SSSR count). The highest BCUT2D eigenvalue weighted by Gasteiger charge is 2.25. The molecular weight excluding hydrogens is 386 g/mol. The Kier molecular flexibility index (Phi) is 7.55. The number of carboxylic acids is 2. The lowest BCUT2D eigenvalue weighted by molar-refractivity contribution is -0.159. The van der Waals surface area contributed by atoms with Crippen molar-refractivity contribution in [2.24, 2.45) is 0 Å². The predicted molar refractivity (Wildman–Crippen MR) is 105 cm³/mol. The van der Waals surface area contributed by atoms with Gasteiger partial charge in [0.25, 0.3) is 0 Å². The molecule has 2 heterocycles. The first-order valence-electron chi connectivity index (χ1n) is 8.92. The summed E-state index contributed by atoms with van der Waals surface area (Å²) in [5.74, 6) is -3.55. The van der Waals surface area contributed by atoms with Crippen LogP contribution in [-0.4, -0.2) is 66.5 Å². The first kappa shape index (κ1) is 21.9. The summed E-state index contributed by atoms with van der Waals surface area (Å²) in [5, 5.41) is 19.1. The van der Waals surface area contributed by atoms with Gasteiger partial charge in [0.1, 0.15) is 0 Å². The SMILES string of the molecule is CNCCc1c[nH]c2ccc(CS(=O)(=O)N3CCCC3)cc12.O=C(O)C(=O)O. The Bertz CT molecular complexity index is 920. The summed E-state index contributed by atoms with van der Waals surface area (Å²) in [5.41, 5.74) is 3.16. The molecule has 0 saturated carbocycles. The van der Waals surface area contributed by atoms with E-state index in [-0.39, 0.29) is 5.75 Å². The van der Waals surface area contributed by atoms with E-state index in [0.29, 0.717) is 13.1 Å². The third-order valence-electron chi connectivity index (χ3n) is 4.47. The van der Waals surface area contributed by atoms with Crippen molar-refractivity contribution in [3.05, 3.63) is 35.5 Å². The van der Waals surface area contributed by atoms with E-state index in [1.807, 2.05) is 31.4 Å². The monoisotopic (exact) mass is 411 g/mol. The van der Waals surface area contributed by atoms with Crippen LogP contribution in [0.2, 0.25) is 0 Å². The zero-order valence-electron chi connectivity index (χ0n) is 15.6. The summed E-state index contributed by atoms with van der Waals surface area (Å²) in [6.45, 7) is 2.24. The van der Waals surface area contributed by atoms with E-state index < -0.39 is 22.0 Å². The third kappa shape index (κ3) is 5.78. The van der Waals surface area contributed by atoms with Gasteiger partial charge in [-0.05, 0) is 56.1 Å². The van der Waals surface area contributed by atoms with Crippen LogP contribution in [0.15, 0.2) is 24.4 Å². The largest absolute Gasteiger partial charge is 0.473 e. The summed E-state index contributed by atoms with van der Waals surface area (Å²) in [7, 11) is -1.25. The average Bonchev–Trinajstić information content (AvgIpc) is 3.30. The molecule has 1 aromatic carbocycles. The van der Waals surface area contributed by atoms with Gasteiger partial charge < -0.3 is 20.5 Å². The predicted octanol–water partition coefficient (Wildman–Crippen LogP) is 1.01. The number of hydrogen-bond donors (Lipinski definition) is 4. The van der Waals surface area contributed by atoms with Crippen molar-refractivity contribution < 1.29 is 28.2 Å². The number of nitrogens with one attached hydrogen (secondary N) is 2. The van der Waals surface area contributed by atoms with Crippen LogP contribution in [0.3, 0.4) is 0 Å². The molecule has 1 saturated heterocycles. The van der Waals surface area contributed by atoms with E-state index in [0.717, 1.165) is 42.3 Å². The minimum absolute atomic E-state index is 0.0968. The van der Waals surface area contributed by atoms with Crippen molar-refractivity contribution >= 4 is 32.9 Å². The highest BCUT2D eigenvalue weighted by molar-refractivity contribution is 7.88. The molecule has 1 aliphatic heterocycles. The van der Waals surface area contributed by atoms with Crippen molar-refractivity contribution in [2.45, 2.75) is 25.0 Å². The van der Waals surface area contributed by atoms with Crippen LogP contribution in [0, 0.1) is 0 Å². The molecule has 9 nitrogen and oxygen atoms in total. The van der Waals surface area contributed by atoms with E-state index >= 15 is 0 Å². The van der Waals surface area contributed by atoms with Gasteiger partial charge in [0.15, 0.2) is 0 Å². The van der Waals surface area contributed by atoms with E-state index in [1.165, 1.54) is 5.56 Å². The molecule has 154 valence electrons. The lowest BCUT2D eigenvalue weighted by Gasteiger charge is -2.15. The van der Waals surface area contributed by atoms with Gasteiger partial charge in [-0.1, -0.05) is 6.07 Å². The maximum absolute atomic E-state index is 12.4. The standard InChI is InChI=1S/C16H23N3O2S.C2H2O4/c1-17-7-6-14-11-18-16-5-4-13(10-15(14)16)12-22(20,21)19-8-2-3-9-19;3-1(4)2(5)6/h4-5,10-11,17-18H,2-3,6-9,12H2,1H3;(H,3,4)(H,5,6). The maximum atomic E-state index is 12.4. The second-order valence-electron chi connectivity index (χ2n) is 6.52. The number of hydrogen-bond acceptors (Lipinski definition) is 5. The normalized spacial score (nSPS) is 14.6. The summed E-state index contributed by atoms with van der Waals surface area (Å²) < 4.78 is 26.5. The molecule has 0 unspecified atom stereocenters. The summed E-state index contributed by atoms with van der Waals surface area (Å²) in [4.78, 5) is 21.5. The smallest absolute Gasteiger partial charge is 0.414 e. The van der Waals surface area contributed by atoms with Gasteiger partial charge in [-0.15, -0.1) is 0 Å². The molecule has 1 aliphatic rings. The van der Waals surface area contributed by atoms with Gasteiger partial charge in [0, 0.05) is 30.2 Å². The Morgan fingerprint density at radius 1 is 1.18 bits per heavy atom. The van der Waals surface area contributed by atoms with E-state index in [4.69, 9.17) is 19.8 Å². The minimum atomic E-state index is -3.18. The van der Waals surface area contributed by atoms with Crippen LogP contribution in [0.4, 0.5) is 0 Å². The fourth-order valence-electron chi connectivity index (χ4n) is 3.05. The van der Waals surface area contributed by atoms with Crippen LogP contribution in [0.5, 0.6) is 0 Å². The number of fused-ring (bicyclic) bond motifs is 1. The number of aromatic nitrogens is 1.